The number of hydrogen-bond donors (Lipinski definition) is 1. The molecule has 0 amide bonds. The lowest BCUT2D eigenvalue weighted by Gasteiger charge is -2.37. The van der Waals surface area contributed by atoms with Gasteiger partial charge in [0.25, 0.3) is 0 Å². The van der Waals surface area contributed by atoms with Gasteiger partial charge in [0.15, 0.2) is 0 Å². The van der Waals surface area contributed by atoms with E-state index in [9.17, 15) is 0 Å². The van der Waals surface area contributed by atoms with Crippen LogP contribution in [0.2, 0.25) is 0 Å². The summed E-state index contributed by atoms with van der Waals surface area (Å²) in [7, 11) is 0. The maximum Gasteiger partial charge on any atom is 0.0467 e. The second-order valence-electron chi connectivity index (χ2n) is 5.18. The lowest BCUT2D eigenvalue weighted by atomic mass is 9.98. The Bertz CT molecular complexity index is 315. The molecule has 2 unspecified atom stereocenters. The van der Waals surface area contributed by atoms with Gasteiger partial charge in [-0.1, -0.05) is 26.8 Å². The molecule has 1 aliphatic rings. The summed E-state index contributed by atoms with van der Waals surface area (Å²) in [6.45, 7) is 10.5. The SMILES string of the molecule is CCN(C1CCNC1)C(c1cccs1)C(C)C. The number of thiophene rings is 1. The Morgan fingerprint density at radius 3 is 2.82 bits per heavy atom. The maximum absolute atomic E-state index is 3.49. The summed E-state index contributed by atoms with van der Waals surface area (Å²) >= 11 is 1.90. The van der Waals surface area contributed by atoms with E-state index in [4.69, 9.17) is 0 Å². The van der Waals surface area contributed by atoms with Crippen molar-refractivity contribution in [1.82, 2.24) is 10.2 Å². The number of likely N-dealkylation sites (N-methyl/N-ethyl adjacent to an activating group) is 1. The summed E-state index contributed by atoms with van der Waals surface area (Å²) in [5.74, 6) is 0.675. The molecule has 2 rings (SSSR count). The van der Waals surface area contributed by atoms with Gasteiger partial charge in [-0.05, 0) is 36.9 Å². The van der Waals surface area contributed by atoms with Crippen molar-refractivity contribution in [3.05, 3.63) is 22.4 Å². The molecule has 0 aromatic carbocycles. The normalized spacial score (nSPS) is 22.5. The van der Waals surface area contributed by atoms with Crippen molar-refractivity contribution in [2.45, 2.75) is 39.3 Å². The first-order valence-corrected chi connectivity index (χ1v) is 7.61. The minimum Gasteiger partial charge on any atom is -0.315 e. The molecule has 0 aliphatic carbocycles. The number of nitrogens with zero attached hydrogens (tertiary/aromatic N) is 1. The van der Waals surface area contributed by atoms with Crippen LogP contribution in [0.1, 0.15) is 38.1 Å². The van der Waals surface area contributed by atoms with Crippen LogP contribution in [0.4, 0.5) is 0 Å². The van der Waals surface area contributed by atoms with Crippen LogP contribution < -0.4 is 5.32 Å². The van der Waals surface area contributed by atoms with E-state index in [0.717, 1.165) is 19.1 Å². The van der Waals surface area contributed by atoms with Gasteiger partial charge >= 0.3 is 0 Å². The summed E-state index contributed by atoms with van der Waals surface area (Å²) in [6, 6.07) is 5.77. The van der Waals surface area contributed by atoms with Crippen LogP contribution in [0, 0.1) is 5.92 Å². The van der Waals surface area contributed by atoms with E-state index in [-0.39, 0.29) is 0 Å². The molecule has 17 heavy (non-hydrogen) atoms. The summed E-state index contributed by atoms with van der Waals surface area (Å²) in [5, 5.41) is 5.69. The van der Waals surface area contributed by atoms with Crippen molar-refractivity contribution in [3.63, 3.8) is 0 Å². The van der Waals surface area contributed by atoms with Crippen LogP contribution in [-0.2, 0) is 0 Å². The zero-order valence-electron chi connectivity index (χ0n) is 11.1. The van der Waals surface area contributed by atoms with E-state index < -0.39 is 0 Å². The Balaban J connectivity index is 2.18. The third kappa shape index (κ3) is 2.90. The summed E-state index contributed by atoms with van der Waals surface area (Å²) in [6.07, 6.45) is 1.29. The average Bonchev–Trinajstić information content (AvgIpc) is 2.97. The van der Waals surface area contributed by atoms with Gasteiger partial charge in [-0.3, -0.25) is 4.90 Å². The fourth-order valence-corrected chi connectivity index (χ4v) is 3.96. The molecule has 1 aromatic heterocycles. The van der Waals surface area contributed by atoms with Crippen LogP contribution in [0.5, 0.6) is 0 Å². The molecular formula is C14H24N2S. The molecule has 0 bridgehead atoms. The van der Waals surface area contributed by atoms with Gasteiger partial charge < -0.3 is 5.32 Å². The van der Waals surface area contributed by atoms with E-state index in [2.05, 4.69) is 48.5 Å². The Hall–Kier alpha value is -0.380. The summed E-state index contributed by atoms with van der Waals surface area (Å²) in [4.78, 5) is 4.21. The molecule has 96 valence electrons. The quantitative estimate of drug-likeness (QED) is 0.866. The number of nitrogens with one attached hydrogen (secondary N) is 1. The Kier molecular flexibility index (Phi) is 4.60. The molecule has 2 heterocycles. The van der Waals surface area contributed by atoms with Crippen molar-refractivity contribution in [2.24, 2.45) is 5.92 Å². The fraction of sp³-hybridized carbons (Fsp3) is 0.714. The molecule has 0 spiro atoms. The first-order chi connectivity index (χ1) is 8.24. The topological polar surface area (TPSA) is 15.3 Å². The second kappa shape index (κ2) is 5.98. The van der Waals surface area contributed by atoms with Crippen molar-refractivity contribution in [1.29, 1.82) is 0 Å². The minimum absolute atomic E-state index is 0.588. The molecular weight excluding hydrogens is 228 g/mol. The standard InChI is InChI=1S/C14H24N2S/c1-4-16(12-7-8-15-10-12)14(11(2)3)13-6-5-9-17-13/h5-6,9,11-12,14-15H,4,7-8,10H2,1-3H3. The molecule has 1 aromatic rings. The highest BCUT2D eigenvalue weighted by Crippen LogP contribution is 2.33. The summed E-state index contributed by atoms with van der Waals surface area (Å²) in [5.41, 5.74) is 0. The van der Waals surface area contributed by atoms with E-state index in [1.54, 1.807) is 0 Å². The molecule has 0 saturated carbocycles. The lowest BCUT2D eigenvalue weighted by Crippen LogP contribution is -2.41. The van der Waals surface area contributed by atoms with E-state index in [1.807, 2.05) is 11.3 Å². The van der Waals surface area contributed by atoms with Crippen LogP contribution in [0.3, 0.4) is 0 Å². The molecule has 0 radical (unpaired) electrons. The predicted octanol–water partition coefficient (Wildman–Crippen LogP) is 3.13. The van der Waals surface area contributed by atoms with E-state index in [1.165, 1.54) is 17.8 Å². The first kappa shape index (κ1) is 13.1. The molecule has 1 N–H and O–H groups in total. The number of hydrogen-bond acceptors (Lipinski definition) is 3. The maximum atomic E-state index is 3.49. The fourth-order valence-electron chi connectivity index (χ4n) is 2.94. The Morgan fingerprint density at radius 2 is 2.35 bits per heavy atom. The molecule has 2 atom stereocenters. The lowest BCUT2D eigenvalue weighted by molar-refractivity contribution is 0.119. The third-order valence-electron chi connectivity index (χ3n) is 3.69. The van der Waals surface area contributed by atoms with Gasteiger partial charge in [0.2, 0.25) is 0 Å². The molecule has 1 fully saturated rings. The highest BCUT2D eigenvalue weighted by atomic mass is 32.1. The van der Waals surface area contributed by atoms with Crippen molar-refractivity contribution < 1.29 is 0 Å². The zero-order chi connectivity index (χ0) is 12.3. The van der Waals surface area contributed by atoms with Gasteiger partial charge in [0.1, 0.15) is 0 Å². The van der Waals surface area contributed by atoms with Crippen LogP contribution in [0.15, 0.2) is 17.5 Å². The van der Waals surface area contributed by atoms with Crippen molar-refractivity contribution in [3.8, 4) is 0 Å². The van der Waals surface area contributed by atoms with Crippen molar-refractivity contribution >= 4 is 11.3 Å². The van der Waals surface area contributed by atoms with E-state index >= 15 is 0 Å². The zero-order valence-corrected chi connectivity index (χ0v) is 12.0. The van der Waals surface area contributed by atoms with E-state index in [0.29, 0.717) is 12.0 Å². The third-order valence-corrected chi connectivity index (χ3v) is 4.63. The molecule has 2 nitrogen and oxygen atoms in total. The Morgan fingerprint density at radius 1 is 1.53 bits per heavy atom. The summed E-state index contributed by atoms with van der Waals surface area (Å²) < 4.78 is 0. The second-order valence-corrected chi connectivity index (χ2v) is 6.16. The molecule has 3 heteroatoms. The first-order valence-electron chi connectivity index (χ1n) is 6.74. The largest absolute Gasteiger partial charge is 0.315 e. The van der Waals surface area contributed by atoms with Gasteiger partial charge in [0, 0.05) is 23.5 Å². The van der Waals surface area contributed by atoms with Crippen LogP contribution in [-0.4, -0.2) is 30.6 Å². The smallest absolute Gasteiger partial charge is 0.0467 e. The Labute approximate surface area is 109 Å². The predicted molar refractivity (Wildman–Crippen MR) is 75.6 cm³/mol. The van der Waals surface area contributed by atoms with Gasteiger partial charge in [-0.15, -0.1) is 11.3 Å². The van der Waals surface area contributed by atoms with Crippen LogP contribution in [0.25, 0.3) is 0 Å². The van der Waals surface area contributed by atoms with Gasteiger partial charge in [-0.2, -0.15) is 0 Å². The van der Waals surface area contributed by atoms with Crippen molar-refractivity contribution in [2.75, 3.05) is 19.6 Å². The average molecular weight is 252 g/mol. The van der Waals surface area contributed by atoms with Gasteiger partial charge in [-0.25, -0.2) is 0 Å². The molecule has 1 aliphatic heterocycles. The highest BCUT2D eigenvalue weighted by Gasteiger charge is 2.30. The monoisotopic (exact) mass is 252 g/mol. The van der Waals surface area contributed by atoms with Gasteiger partial charge in [0.05, 0.1) is 0 Å². The molecule has 1 saturated heterocycles. The number of rotatable bonds is 5. The highest BCUT2D eigenvalue weighted by molar-refractivity contribution is 7.10. The van der Waals surface area contributed by atoms with Crippen LogP contribution >= 0.6 is 11.3 Å². The minimum atomic E-state index is 0.588.